The molecule has 4 nitrogen and oxygen atoms in total. The van der Waals surface area contributed by atoms with E-state index in [1.54, 1.807) is 13.3 Å². The molecule has 3 rings (SSSR count). The highest BCUT2D eigenvalue weighted by Gasteiger charge is 2.42. The van der Waals surface area contributed by atoms with Gasteiger partial charge in [0, 0.05) is 29.1 Å². The van der Waals surface area contributed by atoms with Crippen LogP contribution in [0.5, 0.6) is 5.75 Å². The fourth-order valence-electron chi connectivity index (χ4n) is 2.65. The van der Waals surface area contributed by atoms with E-state index in [0.717, 1.165) is 16.9 Å². The predicted octanol–water partition coefficient (Wildman–Crippen LogP) is 2.44. The van der Waals surface area contributed by atoms with Crippen LogP contribution in [0, 0.1) is 0 Å². The third kappa shape index (κ3) is 2.81. The SMILES string of the molecule is CNC1(c2ccc(OC)c(/C(C=NC3CC3)=C/N)c2)CC1. The van der Waals surface area contributed by atoms with E-state index in [4.69, 9.17) is 10.5 Å². The maximum absolute atomic E-state index is 5.82. The molecule has 3 N–H and O–H groups in total. The first kappa shape index (κ1) is 14.1. The smallest absolute Gasteiger partial charge is 0.126 e. The second-order valence-corrected chi connectivity index (χ2v) is 5.88. The molecule has 21 heavy (non-hydrogen) atoms. The molecule has 0 unspecified atom stereocenters. The molecule has 0 aromatic heterocycles. The molecule has 2 aliphatic rings. The summed E-state index contributed by atoms with van der Waals surface area (Å²) in [4.78, 5) is 4.54. The van der Waals surface area contributed by atoms with Crippen LogP contribution in [0.3, 0.4) is 0 Å². The van der Waals surface area contributed by atoms with Gasteiger partial charge < -0.3 is 15.8 Å². The quantitative estimate of drug-likeness (QED) is 0.789. The van der Waals surface area contributed by atoms with Crippen molar-refractivity contribution in [1.82, 2.24) is 5.32 Å². The number of ether oxygens (including phenoxy) is 1. The van der Waals surface area contributed by atoms with E-state index in [-0.39, 0.29) is 5.54 Å². The van der Waals surface area contributed by atoms with Crippen molar-refractivity contribution in [3.63, 3.8) is 0 Å². The lowest BCUT2D eigenvalue weighted by Gasteiger charge is -2.18. The molecule has 112 valence electrons. The van der Waals surface area contributed by atoms with Gasteiger partial charge in [-0.1, -0.05) is 6.07 Å². The summed E-state index contributed by atoms with van der Waals surface area (Å²) in [5, 5.41) is 3.43. The first-order valence-electron chi connectivity index (χ1n) is 7.55. The topological polar surface area (TPSA) is 59.6 Å². The minimum absolute atomic E-state index is 0.133. The van der Waals surface area contributed by atoms with Gasteiger partial charge in [0.2, 0.25) is 0 Å². The standard InChI is InChI=1S/C17H23N3O/c1-19-17(7-8-17)13-3-6-16(21-2)15(9-13)12(10-18)11-20-14-4-5-14/h3,6,9-11,14,19H,4-5,7-8,18H2,1-2H3/b12-10+,20-11?. The van der Waals surface area contributed by atoms with Crippen molar-refractivity contribution in [2.75, 3.05) is 14.2 Å². The van der Waals surface area contributed by atoms with Gasteiger partial charge in [0.05, 0.1) is 13.2 Å². The minimum atomic E-state index is 0.133. The predicted molar refractivity (Wildman–Crippen MR) is 86.6 cm³/mol. The summed E-state index contributed by atoms with van der Waals surface area (Å²) in [7, 11) is 3.71. The number of nitrogens with zero attached hydrogens (tertiary/aromatic N) is 1. The lowest BCUT2D eigenvalue weighted by molar-refractivity contribution is 0.413. The van der Waals surface area contributed by atoms with Crippen LogP contribution in [0.1, 0.15) is 36.8 Å². The molecule has 0 spiro atoms. The van der Waals surface area contributed by atoms with Crippen molar-refractivity contribution in [3.8, 4) is 5.75 Å². The molecule has 0 bridgehead atoms. The van der Waals surface area contributed by atoms with Crippen LogP contribution >= 0.6 is 0 Å². The largest absolute Gasteiger partial charge is 0.496 e. The summed E-state index contributed by atoms with van der Waals surface area (Å²) in [5.74, 6) is 0.838. The number of nitrogens with two attached hydrogens (primary N) is 1. The molecule has 0 amide bonds. The number of benzene rings is 1. The molecule has 1 aromatic carbocycles. The Bertz CT molecular complexity index is 584. The molecule has 0 radical (unpaired) electrons. The molecule has 0 heterocycles. The van der Waals surface area contributed by atoms with Crippen molar-refractivity contribution in [1.29, 1.82) is 0 Å². The normalized spacial score (nSPS) is 20.8. The fraction of sp³-hybridized carbons (Fsp3) is 0.471. The highest BCUT2D eigenvalue weighted by Crippen LogP contribution is 2.46. The molecular formula is C17H23N3O. The van der Waals surface area contributed by atoms with Crippen LogP contribution in [0.15, 0.2) is 29.4 Å². The molecule has 2 aliphatic carbocycles. The van der Waals surface area contributed by atoms with Gasteiger partial charge in [0.1, 0.15) is 5.75 Å². The van der Waals surface area contributed by atoms with E-state index < -0.39 is 0 Å². The van der Waals surface area contributed by atoms with Crippen LogP contribution in [-0.2, 0) is 5.54 Å². The summed E-state index contributed by atoms with van der Waals surface area (Å²) in [6.07, 6.45) is 8.23. The summed E-state index contributed by atoms with van der Waals surface area (Å²) in [6, 6.07) is 6.83. The third-order valence-corrected chi connectivity index (χ3v) is 4.44. The lowest BCUT2D eigenvalue weighted by atomic mass is 9.98. The number of aliphatic imine (C=N–C) groups is 1. The van der Waals surface area contributed by atoms with Crippen LogP contribution < -0.4 is 15.8 Å². The van der Waals surface area contributed by atoms with Gasteiger partial charge in [0.25, 0.3) is 0 Å². The zero-order chi connectivity index (χ0) is 14.9. The first-order chi connectivity index (χ1) is 10.2. The highest BCUT2D eigenvalue weighted by atomic mass is 16.5. The van der Waals surface area contributed by atoms with Gasteiger partial charge in [-0.15, -0.1) is 0 Å². The fourth-order valence-corrected chi connectivity index (χ4v) is 2.65. The summed E-state index contributed by atoms with van der Waals surface area (Å²) < 4.78 is 5.49. The Morgan fingerprint density at radius 1 is 1.43 bits per heavy atom. The number of nitrogens with one attached hydrogen (secondary N) is 1. The Morgan fingerprint density at radius 2 is 2.19 bits per heavy atom. The molecule has 2 fully saturated rings. The maximum Gasteiger partial charge on any atom is 0.126 e. The lowest BCUT2D eigenvalue weighted by Crippen LogP contribution is -2.24. The Hall–Kier alpha value is -1.81. The molecule has 4 heteroatoms. The monoisotopic (exact) mass is 285 g/mol. The molecule has 0 aliphatic heterocycles. The average molecular weight is 285 g/mol. The second kappa shape index (κ2) is 5.53. The number of methoxy groups -OCH3 is 1. The third-order valence-electron chi connectivity index (χ3n) is 4.44. The van der Waals surface area contributed by atoms with E-state index in [2.05, 4.69) is 22.4 Å². The first-order valence-corrected chi connectivity index (χ1v) is 7.55. The van der Waals surface area contributed by atoms with Crippen LogP contribution in [0.25, 0.3) is 5.57 Å². The van der Waals surface area contributed by atoms with Crippen LogP contribution in [0.2, 0.25) is 0 Å². The van der Waals surface area contributed by atoms with Crippen molar-refractivity contribution in [3.05, 3.63) is 35.5 Å². The number of rotatable bonds is 6. The van der Waals surface area contributed by atoms with E-state index in [1.165, 1.54) is 31.2 Å². The van der Waals surface area contributed by atoms with E-state index in [0.29, 0.717) is 6.04 Å². The van der Waals surface area contributed by atoms with E-state index in [1.807, 2.05) is 19.3 Å². The van der Waals surface area contributed by atoms with Crippen molar-refractivity contribution < 1.29 is 4.74 Å². The molecule has 0 saturated heterocycles. The number of hydrogen-bond acceptors (Lipinski definition) is 4. The van der Waals surface area contributed by atoms with Gasteiger partial charge in [-0.05, 0) is 50.4 Å². The highest BCUT2D eigenvalue weighted by molar-refractivity contribution is 6.10. The van der Waals surface area contributed by atoms with E-state index >= 15 is 0 Å². The van der Waals surface area contributed by atoms with Crippen molar-refractivity contribution in [2.45, 2.75) is 37.3 Å². The van der Waals surface area contributed by atoms with Crippen molar-refractivity contribution in [2.24, 2.45) is 10.7 Å². The Balaban J connectivity index is 1.96. The van der Waals surface area contributed by atoms with Gasteiger partial charge in [-0.2, -0.15) is 0 Å². The van der Waals surface area contributed by atoms with E-state index in [9.17, 15) is 0 Å². The Morgan fingerprint density at radius 3 is 2.71 bits per heavy atom. The van der Waals surface area contributed by atoms with Gasteiger partial charge in [-0.25, -0.2) is 0 Å². The molecule has 1 aromatic rings. The molecular weight excluding hydrogens is 262 g/mol. The zero-order valence-corrected chi connectivity index (χ0v) is 12.7. The van der Waals surface area contributed by atoms with Crippen molar-refractivity contribution >= 4 is 11.8 Å². The van der Waals surface area contributed by atoms with Gasteiger partial charge in [-0.3, -0.25) is 4.99 Å². The second-order valence-electron chi connectivity index (χ2n) is 5.88. The molecule has 2 saturated carbocycles. The number of hydrogen-bond donors (Lipinski definition) is 2. The summed E-state index contributed by atoms with van der Waals surface area (Å²) in [5.41, 5.74) is 9.18. The minimum Gasteiger partial charge on any atom is -0.496 e. The van der Waals surface area contributed by atoms with Crippen LogP contribution in [0.4, 0.5) is 0 Å². The Labute approximate surface area is 126 Å². The zero-order valence-electron chi connectivity index (χ0n) is 12.7. The summed E-state index contributed by atoms with van der Waals surface area (Å²) >= 11 is 0. The average Bonchev–Trinajstić information content (AvgIpc) is 3.41. The van der Waals surface area contributed by atoms with Gasteiger partial charge in [0.15, 0.2) is 0 Å². The number of allylic oxidation sites excluding steroid dienone is 1. The molecule has 0 atom stereocenters. The Kier molecular flexibility index (Phi) is 3.72. The van der Waals surface area contributed by atoms with Gasteiger partial charge >= 0.3 is 0 Å². The van der Waals surface area contributed by atoms with Crippen LogP contribution in [-0.4, -0.2) is 26.4 Å². The summed E-state index contributed by atoms with van der Waals surface area (Å²) in [6.45, 7) is 0. The maximum atomic E-state index is 5.82.